The third-order valence-electron chi connectivity index (χ3n) is 2.88. The standard InChI is InChI=1S/C13H21N3O5/c1-9-10(12(19)16-13(20)15-9)3-4-11(18)14-5-2-7-21-8-6-17/h17H,2-8H2,1H3,(H,14,18)(H2,15,16,19,20). The first kappa shape index (κ1) is 17.1. The lowest BCUT2D eigenvalue weighted by atomic mass is 10.1. The molecule has 1 amide bonds. The van der Waals surface area contributed by atoms with Crippen molar-refractivity contribution in [3.8, 4) is 0 Å². The number of aromatic nitrogens is 2. The van der Waals surface area contributed by atoms with Crippen molar-refractivity contribution in [3.05, 3.63) is 32.1 Å². The van der Waals surface area contributed by atoms with Crippen molar-refractivity contribution in [3.63, 3.8) is 0 Å². The zero-order chi connectivity index (χ0) is 15.7. The molecule has 0 saturated carbocycles. The van der Waals surface area contributed by atoms with Gasteiger partial charge in [0.15, 0.2) is 0 Å². The van der Waals surface area contributed by atoms with Gasteiger partial charge in [0.05, 0.1) is 13.2 Å². The van der Waals surface area contributed by atoms with E-state index in [0.29, 0.717) is 37.4 Å². The van der Waals surface area contributed by atoms with Gasteiger partial charge in [0.25, 0.3) is 5.56 Å². The molecule has 1 aromatic heterocycles. The molecule has 1 aromatic rings. The van der Waals surface area contributed by atoms with Gasteiger partial charge in [0.1, 0.15) is 0 Å². The summed E-state index contributed by atoms with van der Waals surface area (Å²) >= 11 is 0. The van der Waals surface area contributed by atoms with Crippen molar-refractivity contribution in [2.45, 2.75) is 26.2 Å². The van der Waals surface area contributed by atoms with E-state index in [4.69, 9.17) is 9.84 Å². The van der Waals surface area contributed by atoms with E-state index in [1.54, 1.807) is 6.92 Å². The molecule has 4 N–H and O–H groups in total. The molecule has 0 unspecified atom stereocenters. The minimum atomic E-state index is -0.548. The number of nitrogens with one attached hydrogen (secondary N) is 3. The van der Waals surface area contributed by atoms with Crippen molar-refractivity contribution in [1.29, 1.82) is 0 Å². The van der Waals surface area contributed by atoms with Gasteiger partial charge < -0.3 is 20.1 Å². The van der Waals surface area contributed by atoms with E-state index >= 15 is 0 Å². The number of ether oxygens (including phenoxy) is 1. The summed E-state index contributed by atoms with van der Waals surface area (Å²) in [5, 5.41) is 11.2. The molecule has 0 bridgehead atoms. The Balaban J connectivity index is 2.31. The number of carbonyl (C=O) groups is 1. The molecule has 1 heterocycles. The molecular weight excluding hydrogens is 278 g/mol. The molecule has 0 aliphatic rings. The van der Waals surface area contributed by atoms with E-state index in [0.717, 1.165) is 0 Å². The Kier molecular flexibility index (Phi) is 7.41. The van der Waals surface area contributed by atoms with E-state index in [-0.39, 0.29) is 25.4 Å². The average molecular weight is 299 g/mol. The molecule has 8 heteroatoms. The number of aliphatic hydroxyl groups is 1. The van der Waals surface area contributed by atoms with Crippen molar-refractivity contribution in [2.24, 2.45) is 0 Å². The quantitative estimate of drug-likeness (QED) is 0.427. The Morgan fingerprint density at radius 3 is 2.71 bits per heavy atom. The van der Waals surface area contributed by atoms with Crippen LogP contribution < -0.4 is 16.6 Å². The van der Waals surface area contributed by atoms with Gasteiger partial charge in [-0.05, 0) is 19.8 Å². The summed E-state index contributed by atoms with van der Waals surface area (Å²) in [6.45, 7) is 2.86. The van der Waals surface area contributed by atoms with E-state index in [2.05, 4.69) is 15.3 Å². The fraction of sp³-hybridized carbons (Fsp3) is 0.615. The second-order valence-corrected chi connectivity index (χ2v) is 4.55. The maximum absolute atomic E-state index is 11.6. The highest BCUT2D eigenvalue weighted by Gasteiger charge is 2.08. The SMILES string of the molecule is Cc1[nH]c(=O)[nH]c(=O)c1CCC(=O)NCCCOCCO. The van der Waals surface area contributed by atoms with Gasteiger partial charge in [-0.2, -0.15) is 0 Å². The van der Waals surface area contributed by atoms with Gasteiger partial charge in [0, 0.05) is 30.8 Å². The molecule has 0 aliphatic carbocycles. The smallest absolute Gasteiger partial charge is 0.325 e. The minimum absolute atomic E-state index is 0.0145. The summed E-state index contributed by atoms with van der Waals surface area (Å²) in [7, 11) is 0. The lowest BCUT2D eigenvalue weighted by Gasteiger charge is -2.06. The van der Waals surface area contributed by atoms with E-state index < -0.39 is 11.2 Å². The number of rotatable bonds is 9. The number of aromatic amines is 2. The molecule has 0 fully saturated rings. The first-order chi connectivity index (χ1) is 10.0. The van der Waals surface area contributed by atoms with E-state index in [1.165, 1.54) is 0 Å². The highest BCUT2D eigenvalue weighted by Crippen LogP contribution is 1.99. The van der Waals surface area contributed by atoms with Gasteiger partial charge in [-0.3, -0.25) is 14.6 Å². The van der Waals surface area contributed by atoms with Crippen LogP contribution in [-0.4, -0.2) is 47.3 Å². The van der Waals surface area contributed by atoms with Crippen LogP contribution in [0.3, 0.4) is 0 Å². The molecule has 8 nitrogen and oxygen atoms in total. The minimum Gasteiger partial charge on any atom is -0.394 e. The summed E-state index contributed by atoms with van der Waals surface area (Å²) < 4.78 is 5.06. The molecule has 0 saturated heterocycles. The number of aryl methyl sites for hydroxylation is 1. The predicted octanol–water partition coefficient (Wildman–Crippen LogP) is -1.18. The Morgan fingerprint density at radius 2 is 2.05 bits per heavy atom. The van der Waals surface area contributed by atoms with Gasteiger partial charge in [-0.25, -0.2) is 4.79 Å². The number of hydrogen-bond acceptors (Lipinski definition) is 5. The second-order valence-electron chi connectivity index (χ2n) is 4.55. The first-order valence-corrected chi connectivity index (χ1v) is 6.82. The third kappa shape index (κ3) is 6.37. The molecule has 21 heavy (non-hydrogen) atoms. The van der Waals surface area contributed by atoms with Crippen LogP contribution in [0.2, 0.25) is 0 Å². The molecule has 0 radical (unpaired) electrons. The summed E-state index contributed by atoms with van der Waals surface area (Å²) in [6, 6.07) is 0. The maximum atomic E-state index is 11.6. The van der Waals surface area contributed by atoms with Crippen LogP contribution in [0.5, 0.6) is 0 Å². The maximum Gasteiger partial charge on any atom is 0.325 e. The molecule has 118 valence electrons. The Hall–Kier alpha value is -1.93. The molecule has 0 aromatic carbocycles. The first-order valence-electron chi connectivity index (χ1n) is 6.82. The molecule has 0 spiro atoms. The molecule has 0 atom stereocenters. The highest BCUT2D eigenvalue weighted by atomic mass is 16.5. The van der Waals surface area contributed by atoms with Crippen LogP contribution >= 0.6 is 0 Å². The van der Waals surface area contributed by atoms with Crippen LogP contribution in [0.1, 0.15) is 24.1 Å². The summed E-state index contributed by atoms with van der Waals surface area (Å²) in [6.07, 6.45) is 1.10. The topological polar surface area (TPSA) is 124 Å². The van der Waals surface area contributed by atoms with Crippen molar-refractivity contribution >= 4 is 5.91 Å². The molecule has 1 rings (SSSR count). The molecule has 0 aliphatic heterocycles. The Morgan fingerprint density at radius 1 is 1.29 bits per heavy atom. The van der Waals surface area contributed by atoms with Gasteiger partial charge >= 0.3 is 5.69 Å². The van der Waals surface area contributed by atoms with Crippen LogP contribution in [0.4, 0.5) is 0 Å². The van der Waals surface area contributed by atoms with Crippen LogP contribution in [-0.2, 0) is 16.0 Å². The van der Waals surface area contributed by atoms with Gasteiger partial charge in [-0.15, -0.1) is 0 Å². The lowest BCUT2D eigenvalue weighted by Crippen LogP contribution is -2.29. The van der Waals surface area contributed by atoms with Crippen LogP contribution in [0, 0.1) is 6.92 Å². The van der Waals surface area contributed by atoms with Gasteiger partial charge in [-0.1, -0.05) is 0 Å². The van der Waals surface area contributed by atoms with Crippen molar-refractivity contribution in [1.82, 2.24) is 15.3 Å². The normalized spacial score (nSPS) is 10.6. The number of hydrogen-bond donors (Lipinski definition) is 4. The zero-order valence-corrected chi connectivity index (χ0v) is 12.0. The second kappa shape index (κ2) is 9.09. The number of amides is 1. The summed E-state index contributed by atoms with van der Waals surface area (Å²) in [5.41, 5.74) is -0.111. The monoisotopic (exact) mass is 299 g/mol. The Bertz CT molecular complexity index is 564. The lowest BCUT2D eigenvalue weighted by molar-refractivity contribution is -0.121. The fourth-order valence-electron chi connectivity index (χ4n) is 1.82. The van der Waals surface area contributed by atoms with Crippen LogP contribution in [0.15, 0.2) is 9.59 Å². The number of aliphatic hydroxyl groups excluding tert-OH is 1. The third-order valence-corrected chi connectivity index (χ3v) is 2.88. The Labute approximate surface area is 121 Å². The highest BCUT2D eigenvalue weighted by molar-refractivity contribution is 5.76. The predicted molar refractivity (Wildman–Crippen MR) is 76.3 cm³/mol. The number of H-pyrrole nitrogens is 2. The van der Waals surface area contributed by atoms with E-state index in [9.17, 15) is 14.4 Å². The van der Waals surface area contributed by atoms with Gasteiger partial charge in [0.2, 0.25) is 5.91 Å². The molecular formula is C13H21N3O5. The summed E-state index contributed by atoms with van der Waals surface area (Å²) in [5.74, 6) is -0.165. The largest absolute Gasteiger partial charge is 0.394 e. The van der Waals surface area contributed by atoms with Crippen LogP contribution in [0.25, 0.3) is 0 Å². The average Bonchev–Trinajstić information content (AvgIpc) is 2.41. The van der Waals surface area contributed by atoms with Crippen molar-refractivity contribution in [2.75, 3.05) is 26.4 Å². The zero-order valence-electron chi connectivity index (χ0n) is 12.0. The summed E-state index contributed by atoms with van der Waals surface area (Å²) in [4.78, 5) is 38.9. The van der Waals surface area contributed by atoms with E-state index in [1.807, 2.05) is 0 Å². The van der Waals surface area contributed by atoms with Crippen molar-refractivity contribution < 1.29 is 14.6 Å². The number of carbonyl (C=O) groups excluding carboxylic acids is 1. The fourth-order valence-corrected chi connectivity index (χ4v) is 1.82.